The number of fused-ring (bicyclic) bond motifs is 1. The molecular weight excluding hydrogens is 221 g/mol. The summed E-state index contributed by atoms with van der Waals surface area (Å²) in [5.41, 5.74) is 0.581. The standard InChI is InChI=1S/C11H11F3O2/c1-6-4-8-5-7(2-3-9(8)16-6)10(15)11(12,13)14/h2-3,5-6,10,15H,4H2,1H3. The van der Waals surface area contributed by atoms with Gasteiger partial charge in [-0.05, 0) is 30.2 Å². The first-order valence-corrected chi connectivity index (χ1v) is 4.92. The molecule has 0 aliphatic carbocycles. The monoisotopic (exact) mass is 232 g/mol. The molecule has 0 saturated heterocycles. The van der Waals surface area contributed by atoms with Gasteiger partial charge in [-0.2, -0.15) is 13.2 Å². The zero-order valence-corrected chi connectivity index (χ0v) is 8.58. The molecule has 16 heavy (non-hydrogen) atoms. The number of benzene rings is 1. The maximum atomic E-state index is 12.3. The minimum Gasteiger partial charge on any atom is -0.490 e. The molecule has 1 aliphatic heterocycles. The molecule has 5 heteroatoms. The van der Waals surface area contributed by atoms with Crippen molar-refractivity contribution in [3.63, 3.8) is 0 Å². The molecule has 0 bridgehead atoms. The van der Waals surface area contributed by atoms with E-state index in [4.69, 9.17) is 9.84 Å². The third-order valence-corrected chi connectivity index (χ3v) is 2.55. The van der Waals surface area contributed by atoms with Gasteiger partial charge in [-0.1, -0.05) is 6.07 Å². The second-order valence-corrected chi connectivity index (χ2v) is 3.94. The molecule has 0 saturated carbocycles. The van der Waals surface area contributed by atoms with Gasteiger partial charge in [0.2, 0.25) is 0 Å². The molecule has 1 aromatic carbocycles. The summed E-state index contributed by atoms with van der Waals surface area (Å²) in [6, 6.07) is 4.08. The molecule has 1 heterocycles. The van der Waals surface area contributed by atoms with E-state index >= 15 is 0 Å². The Morgan fingerprint density at radius 2 is 2.12 bits per heavy atom. The molecule has 1 N–H and O–H groups in total. The predicted octanol–water partition coefficient (Wildman–Crippen LogP) is 2.61. The average molecular weight is 232 g/mol. The lowest BCUT2D eigenvalue weighted by Gasteiger charge is -2.15. The van der Waals surface area contributed by atoms with Crippen LogP contribution in [0.1, 0.15) is 24.2 Å². The van der Waals surface area contributed by atoms with Crippen LogP contribution in [0.2, 0.25) is 0 Å². The summed E-state index contributed by atoms with van der Waals surface area (Å²) in [6.45, 7) is 1.85. The van der Waals surface area contributed by atoms with Crippen LogP contribution in [-0.2, 0) is 6.42 Å². The van der Waals surface area contributed by atoms with Crippen molar-refractivity contribution in [2.24, 2.45) is 0 Å². The number of aliphatic hydroxyl groups is 1. The lowest BCUT2D eigenvalue weighted by molar-refractivity contribution is -0.206. The van der Waals surface area contributed by atoms with E-state index in [1.807, 2.05) is 6.92 Å². The fraction of sp³-hybridized carbons (Fsp3) is 0.455. The zero-order chi connectivity index (χ0) is 11.9. The highest BCUT2D eigenvalue weighted by molar-refractivity contribution is 5.41. The minimum absolute atomic E-state index is 0.0201. The van der Waals surface area contributed by atoms with Crippen molar-refractivity contribution < 1.29 is 23.0 Å². The van der Waals surface area contributed by atoms with Gasteiger partial charge in [-0.15, -0.1) is 0 Å². The Bertz CT molecular complexity index is 401. The van der Waals surface area contributed by atoms with Crippen LogP contribution in [-0.4, -0.2) is 17.4 Å². The van der Waals surface area contributed by atoms with Gasteiger partial charge in [0.1, 0.15) is 11.9 Å². The van der Waals surface area contributed by atoms with E-state index in [0.717, 1.165) is 0 Å². The number of aliphatic hydroxyl groups excluding tert-OH is 1. The van der Waals surface area contributed by atoms with E-state index < -0.39 is 12.3 Å². The number of rotatable bonds is 1. The maximum Gasteiger partial charge on any atom is 0.418 e. The first-order valence-electron chi connectivity index (χ1n) is 4.92. The smallest absolute Gasteiger partial charge is 0.418 e. The highest BCUT2D eigenvalue weighted by atomic mass is 19.4. The van der Waals surface area contributed by atoms with Crippen LogP contribution >= 0.6 is 0 Å². The predicted molar refractivity (Wildman–Crippen MR) is 51.3 cm³/mol. The van der Waals surface area contributed by atoms with Gasteiger partial charge in [0.05, 0.1) is 0 Å². The van der Waals surface area contributed by atoms with Crippen LogP contribution in [0.3, 0.4) is 0 Å². The van der Waals surface area contributed by atoms with Crippen molar-refractivity contribution in [2.75, 3.05) is 0 Å². The SMILES string of the molecule is CC1Cc2cc(C(O)C(F)(F)F)ccc2O1. The second kappa shape index (κ2) is 3.66. The fourth-order valence-electron chi connectivity index (χ4n) is 1.80. The normalized spacial score (nSPS) is 21.4. The Kier molecular flexibility index (Phi) is 2.58. The number of hydrogen-bond donors (Lipinski definition) is 1. The topological polar surface area (TPSA) is 29.5 Å². The van der Waals surface area contributed by atoms with Crippen LogP contribution in [0.15, 0.2) is 18.2 Å². The molecular formula is C11H11F3O2. The van der Waals surface area contributed by atoms with Gasteiger partial charge in [0.25, 0.3) is 0 Å². The molecule has 2 atom stereocenters. The molecule has 2 rings (SSSR count). The fourth-order valence-corrected chi connectivity index (χ4v) is 1.80. The Balaban J connectivity index is 2.29. The van der Waals surface area contributed by atoms with E-state index in [1.165, 1.54) is 18.2 Å². The van der Waals surface area contributed by atoms with Gasteiger partial charge in [0.15, 0.2) is 6.10 Å². The van der Waals surface area contributed by atoms with Gasteiger partial charge in [0, 0.05) is 6.42 Å². The van der Waals surface area contributed by atoms with Crippen molar-refractivity contribution in [2.45, 2.75) is 31.7 Å². The number of ether oxygens (including phenoxy) is 1. The number of hydrogen-bond acceptors (Lipinski definition) is 2. The molecule has 0 spiro atoms. The van der Waals surface area contributed by atoms with Gasteiger partial charge in [-0.3, -0.25) is 0 Å². The van der Waals surface area contributed by atoms with Gasteiger partial charge >= 0.3 is 6.18 Å². The van der Waals surface area contributed by atoms with E-state index in [0.29, 0.717) is 17.7 Å². The van der Waals surface area contributed by atoms with Crippen molar-refractivity contribution in [1.29, 1.82) is 0 Å². The number of halogens is 3. The molecule has 1 aromatic rings. The largest absolute Gasteiger partial charge is 0.490 e. The van der Waals surface area contributed by atoms with E-state index in [1.54, 1.807) is 0 Å². The molecule has 0 aromatic heterocycles. The third kappa shape index (κ3) is 2.00. The van der Waals surface area contributed by atoms with Crippen LogP contribution in [0.5, 0.6) is 5.75 Å². The minimum atomic E-state index is -4.63. The second-order valence-electron chi connectivity index (χ2n) is 3.94. The molecule has 0 radical (unpaired) electrons. The molecule has 1 aliphatic rings. The summed E-state index contributed by atoms with van der Waals surface area (Å²) in [6.07, 6.45) is -6.49. The van der Waals surface area contributed by atoms with Crippen LogP contribution < -0.4 is 4.74 Å². The molecule has 2 nitrogen and oxygen atoms in total. The summed E-state index contributed by atoms with van der Waals surface area (Å²) >= 11 is 0. The zero-order valence-electron chi connectivity index (χ0n) is 8.58. The lowest BCUT2D eigenvalue weighted by Crippen LogP contribution is -2.20. The lowest BCUT2D eigenvalue weighted by atomic mass is 10.0. The molecule has 88 valence electrons. The molecule has 2 unspecified atom stereocenters. The molecule has 0 fully saturated rings. The average Bonchev–Trinajstić information content (AvgIpc) is 2.54. The Morgan fingerprint density at radius 3 is 2.75 bits per heavy atom. The van der Waals surface area contributed by atoms with Crippen LogP contribution in [0.4, 0.5) is 13.2 Å². The quantitative estimate of drug-likeness (QED) is 0.806. The third-order valence-electron chi connectivity index (χ3n) is 2.55. The number of alkyl halides is 3. The summed E-state index contributed by atoms with van der Waals surface area (Å²) in [7, 11) is 0. The summed E-state index contributed by atoms with van der Waals surface area (Å²) < 4.78 is 42.2. The Labute approximate surface area is 90.7 Å². The van der Waals surface area contributed by atoms with Crippen LogP contribution in [0.25, 0.3) is 0 Å². The van der Waals surface area contributed by atoms with E-state index in [-0.39, 0.29) is 11.7 Å². The van der Waals surface area contributed by atoms with Crippen molar-refractivity contribution in [3.05, 3.63) is 29.3 Å². The Morgan fingerprint density at radius 1 is 1.44 bits per heavy atom. The van der Waals surface area contributed by atoms with Gasteiger partial charge < -0.3 is 9.84 Å². The van der Waals surface area contributed by atoms with E-state index in [9.17, 15) is 13.2 Å². The van der Waals surface area contributed by atoms with Crippen molar-refractivity contribution >= 4 is 0 Å². The summed E-state index contributed by atoms with van der Waals surface area (Å²) in [4.78, 5) is 0. The van der Waals surface area contributed by atoms with Crippen molar-refractivity contribution in [1.82, 2.24) is 0 Å². The highest BCUT2D eigenvalue weighted by Crippen LogP contribution is 2.36. The molecule has 0 amide bonds. The first kappa shape index (κ1) is 11.3. The van der Waals surface area contributed by atoms with Crippen LogP contribution in [0, 0.1) is 0 Å². The first-order chi connectivity index (χ1) is 7.38. The van der Waals surface area contributed by atoms with Gasteiger partial charge in [-0.25, -0.2) is 0 Å². The maximum absolute atomic E-state index is 12.3. The van der Waals surface area contributed by atoms with Crippen molar-refractivity contribution in [3.8, 4) is 5.75 Å². The van der Waals surface area contributed by atoms with E-state index in [2.05, 4.69) is 0 Å². The highest BCUT2D eigenvalue weighted by Gasteiger charge is 2.39. The summed E-state index contributed by atoms with van der Waals surface area (Å²) in [5.74, 6) is 0.602. The summed E-state index contributed by atoms with van der Waals surface area (Å²) in [5, 5.41) is 9.09. The Hall–Kier alpha value is -1.23.